The number of H-pyrrole nitrogens is 1. The van der Waals surface area contributed by atoms with Crippen LogP contribution in [0.25, 0.3) is 0 Å². The molecule has 2 aliphatic rings. The number of hydrogen-bond donors (Lipinski definition) is 3. The summed E-state index contributed by atoms with van der Waals surface area (Å²) < 4.78 is 0. The molecule has 5 rings (SSSR count). The molecule has 2 aliphatic heterocycles. The molecule has 0 spiro atoms. The van der Waals surface area contributed by atoms with Gasteiger partial charge in [0.25, 0.3) is 5.91 Å². The van der Waals surface area contributed by atoms with Crippen molar-refractivity contribution in [3.05, 3.63) is 60.2 Å². The van der Waals surface area contributed by atoms with Gasteiger partial charge in [-0.25, -0.2) is 0 Å². The molecule has 4 heterocycles. The molecule has 166 valence electrons. The highest BCUT2D eigenvalue weighted by atomic mass is 16.2. The summed E-state index contributed by atoms with van der Waals surface area (Å²) in [4.78, 5) is 25.9. The number of amides is 1. The molecule has 0 aliphatic carbocycles. The minimum Gasteiger partial charge on any atom is -0.367 e. The summed E-state index contributed by atoms with van der Waals surface area (Å²) in [6.07, 6.45) is 5.52. The molecule has 2 saturated heterocycles. The lowest BCUT2D eigenvalue weighted by Gasteiger charge is -2.31. The van der Waals surface area contributed by atoms with E-state index in [0.29, 0.717) is 17.6 Å². The summed E-state index contributed by atoms with van der Waals surface area (Å²) in [6, 6.07) is 12.6. The Kier molecular flexibility index (Phi) is 5.98. The van der Waals surface area contributed by atoms with Gasteiger partial charge in [-0.2, -0.15) is 4.98 Å². The van der Waals surface area contributed by atoms with Gasteiger partial charge in [0.1, 0.15) is 0 Å². The first-order valence-electron chi connectivity index (χ1n) is 11.2. The predicted octanol–water partition coefficient (Wildman–Crippen LogP) is 2.25. The number of piperazine rings is 1. The maximum atomic E-state index is 12.9. The van der Waals surface area contributed by atoms with Crippen LogP contribution in [0.4, 0.5) is 17.3 Å². The normalized spacial score (nSPS) is 17.4. The third kappa shape index (κ3) is 4.43. The number of benzene rings is 1. The Balaban J connectivity index is 1.22. The minimum atomic E-state index is -0.313. The van der Waals surface area contributed by atoms with Gasteiger partial charge >= 0.3 is 0 Å². The Morgan fingerprint density at radius 3 is 2.56 bits per heavy atom. The number of aromatic amines is 1. The van der Waals surface area contributed by atoms with E-state index >= 15 is 0 Å². The van der Waals surface area contributed by atoms with Gasteiger partial charge in [-0.05, 0) is 30.4 Å². The van der Waals surface area contributed by atoms with Crippen molar-refractivity contribution in [2.45, 2.75) is 18.8 Å². The lowest BCUT2D eigenvalue weighted by atomic mass is 9.90. The Morgan fingerprint density at radius 2 is 1.78 bits per heavy atom. The number of nitrogens with zero attached hydrogens (tertiary/aromatic N) is 5. The quantitative estimate of drug-likeness (QED) is 0.568. The molecule has 0 unspecified atom stereocenters. The van der Waals surface area contributed by atoms with Crippen LogP contribution in [0, 0.1) is 0 Å². The molecule has 1 amide bonds. The van der Waals surface area contributed by atoms with Crippen LogP contribution >= 0.6 is 0 Å². The molecule has 1 aromatic carbocycles. The smallest absolute Gasteiger partial charge is 0.293 e. The lowest BCUT2D eigenvalue weighted by molar-refractivity contribution is 0.101. The third-order valence-electron chi connectivity index (χ3n) is 6.24. The van der Waals surface area contributed by atoms with Crippen LogP contribution in [0.2, 0.25) is 0 Å². The zero-order valence-electron chi connectivity index (χ0n) is 18.0. The highest BCUT2D eigenvalue weighted by molar-refractivity contribution is 6.03. The molecule has 9 nitrogen and oxygen atoms in total. The fourth-order valence-corrected chi connectivity index (χ4v) is 4.48. The van der Waals surface area contributed by atoms with Gasteiger partial charge in [0, 0.05) is 45.5 Å². The van der Waals surface area contributed by atoms with Crippen LogP contribution in [0.15, 0.2) is 48.8 Å². The number of carbonyl (C=O) groups is 1. The molecule has 3 N–H and O–H groups in total. The van der Waals surface area contributed by atoms with Crippen LogP contribution in [0.1, 0.15) is 34.9 Å². The van der Waals surface area contributed by atoms with Crippen molar-refractivity contribution in [2.75, 3.05) is 54.4 Å². The maximum absolute atomic E-state index is 12.9. The number of pyridine rings is 1. The monoisotopic (exact) mass is 432 g/mol. The molecular formula is C23H28N8O. The summed E-state index contributed by atoms with van der Waals surface area (Å²) in [6.45, 7) is 5.35. The van der Waals surface area contributed by atoms with Crippen LogP contribution in [0.3, 0.4) is 0 Å². The molecule has 0 bridgehead atoms. The fraction of sp³-hybridized carbons (Fsp3) is 0.391. The fourth-order valence-electron chi connectivity index (χ4n) is 4.48. The SMILES string of the molecule is O=C(Nc1cnccc1N1CCNCC1)c1nc(N2CCC(c3ccccc3)CC2)n[nH]1. The van der Waals surface area contributed by atoms with E-state index in [1.807, 2.05) is 6.07 Å². The molecule has 2 aromatic heterocycles. The van der Waals surface area contributed by atoms with Crippen molar-refractivity contribution >= 4 is 23.2 Å². The van der Waals surface area contributed by atoms with E-state index < -0.39 is 0 Å². The van der Waals surface area contributed by atoms with E-state index in [1.54, 1.807) is 12.4 Å². The molecule has 9 heteroatoms. The maximum Gasteiger partial charge on any atom is 0.293 e. The number of anilines is 3. The first-order valence-corrected chi connectivity index (χ1v) is 11.2. The van der Waals surface area contributed by atoms with Crippen LogP contribution in [-0.2, 0) is 0 Å². The highest BCUT2D eigenvalue weighted by Crippen LogP contribution is 2.29. The molecule has 0 atom stereocenters. The number of piperidine rings is 1. The standard InChI is InChI=1S/C23H28N8O/c32-22(26-19-16-25-9-6-20(19)30-14-10-24-11-15-30)21-27-23(29-28-21)31-12-7-18(8-13-31)17-4-2-1-3-5-17/h1-6,9,16,18,24H,7-8,10-15H2,(H,26,32)(H,27,28,29). The Hall–Kier alpha value is -3.46. The largest absolute Gasteiger partial charge is 0.367 e. The number of aromatic nitrogens is 4. The second-order valence-electron chi connectivity index (χ2n) is 8.24. The Bertz CT molecular complexity index is 1040. The average molecular weight is 433 g/mol. The van der Waals surface area contributed by atoms with Gasteiger partial charge in [0.2, 0.25) is 11.8 Å². The predicted molar refractivity (Wildman–Crippen MR) is 124 cm³/mol. The first-order chi connectivity index (χ1) is 15.8. The highest BCUT2D eigenvalue weighted by Gasteiger charge is 2.24. The molecule has 0 saturated carbocycles. The zero-order valence-corrected chi connectivity index (χ0v) is 18.0. The average Bonchev–Trinajstić information content (AvgIpc) is 3.36. The second-order valence-corrected chi connectivity index (χ2v) is 8.24. The van der Waals surface area contributed by atoms with Crippen molar-refractivity contribution in [3.63, 3.8) is 0 Å². The van der Waals surface area contributed by atoms with Gasteiger partial charge in [-0.15, -0.1) is 5.10 Å². The van der Waals surface area contributed by atoms with Gasteiger partial charge in [-0.3, -0.25) is 14.9 Å². The summed E-state index contributed by atoms with van der Waals surface area (Å²) in [5.74, 6) is 1.03. The summed E-state index contributed by atoms with van der Waals surface area (Å²) in [7, 11) is 0. The van der Waals surface area contributed by atoms with Gasteiger partial charge in [-0.1, -0.05) is 30.3 Å². The Labute approximate surface area is 187 Å². The van der Waals surface area contributed by atoms with Crippen molar-refractivity contribution in [1.29, 1.82) is 0 Å². The van der Waals surface area contributed by atoms with Crippen LogP contribution in [0.5, 0.6) is 0 Å². The van der Waals surface area contributed by atoms with E-state index in [9.17, 15) is 4.79 Å². The van der Waals surface area contributed by atoms with E-state index in [1.165, 1.54) is 5.56 Å². The van der Waals surface area contributed by atoms with Gasteiger partial charge in [0.05, 0.1) is 17.6 Å². The van der Waals surface area contributed by atoms with E-state index in [0.717, 1.165) is 57.8 Å². The van der Waals surface area contributed by atoms with Gasteiger partial charge < -0.3 is 20.4 Å². The lowest BCUT2D eigenvalue weighted by Crippen LogP contribution is -2.43. The van der Waals surface area contributed by atoms with Crippen molar-refractivity contribution in [1.82, 2.24) is 25.5 Å². The van der Waals surface area contributed by atoms with Crippen molar-refractivity contribution in [3.8, 4) is 0 Å². The zero-order chi connectivity index (χ0) is 21.8. The molecule has 3 aromatic rings. The van der Waals surface area contributed by atoms with Crippen molar-refractivity contribution < 1.29 is 4.79 Å². The topological polar surface area (TPSA) is 102 Å². The molecule has 2 fully saturated rings. The van der Waals surface area contributed by atoms with E-state index in [4.69, 9.17) is 0 Å². The minimum absolute atomic E-state index is 0.209. The van der Waals surface area contributed by atoms with Crippen LogP contribution in [-0.4, -0.2) is 65.3 Å². The van der Waals surface area contributed by atoms with Crippen LogP contribution < -0.4 is 20.4 Å². The molecule has 32 heavy (non-hydrogen) atoms. The summed E-state index contributed by atoms with van der Waals surface area (Å²) in [5.41, 5.74) is 3.04. The molecule has 0 radical (unpaired) electrons. The van der Waals surface area contributed by atoms with E-state index in [-0.39, 0.29) is 11.7 Å². The van der Waals surface area contributed by atoms with Crippen molar-refractivity contribution in [2.24, 2.45) is 0 Å². The Morgan fingerprint density at radius 1 is 1.00 bits per heavy atom. The number of carbonyl (C=O) groups excluding carboxylic acids is 1. The second kappa shape index (κ2) is 9.35. The first kappa shape index (κ1) is 20.4. The number of nitrogens with one attached hydrogen (secondary N) is 3. The third-order valence-corrected chi connectivity index (χ3v) is 6.24. The summed E-state index contributed by atoms with van der Waals surface area (Å²) in [5, 5.41) is 13.4. The van der Waals surface area contributed by atoms with Gasteiger partial charge in [0.15, 0.2) is 0 Å². The number of rotatable bonds is 5. The number of hydrogen-bond acceptors (Lipinski definition) is 7. The molecular weight excluding hydrogens is 404 g/mol. The summed E-state index contributed by atoms with van der Waals surface area (Å²) >= 11 is 0. The van der Waals surface area contributed by atoms with E-state index in [2.05, 4.69) is 70.9 Å².